The quantitative estimate of drug-likeness (QED) is 0.791. The second-order valence-corrected chi connectivity index (χ2v) is 5.64. The van der Waals surface area contributed by atoms with Gasteiger partial charge in [-0.1, -0.05) is 0 Å². The lowest BCUT2D eigenvalue weighted by atomic mass is 9.98. The van der Waals surface area contributed by atoms with Crippen molar-refractivity contribution >= 4 is 11.3 Å². The highest BCUT2D eigenvalue weighted by Gasteiger charge is 2.16. The highest BCUT2D eigenvalue weighted by molar-refractivity contribution is 7.07. The van der Waals surface area contributed by atoms with Gasteiger partial charge in [0, 0.05) is 6.54 Å². The molecule has 3 heteroatoms. The molecule has 0 amide bonds. The molecule has 0 radical (unpaired) electrons. The number of nitrogens with one attached hydrogen (secondary N) is 1. The van der Waals surface area contributed by atoms with Gasteiger partial charge >= 0.3 is 0 Å². The van der Waals surface area contributed by atoms with Crippen LogP contribution in [0.25, 0.3) is 0 Å². The molecular weight excluding hydrogens is 216 g/mol. The van der Waals surface area contributed by atoms with Gasteiger partial charge < -0.3 is 10.2 Å². The molecule has 1 N–H and O–H groups in total. The molecular formula is C13H22N2S. The smallest absolute Gasteiger partial charge is 0.00187 e. The summed E-state index contributed by atoms with van der Waals surface area (Å²) in [6, 6.07) is 2.22. The lowest BCUT2D eigenvalue weighted by molar-refractivity contribution is 0.206. The van der Waals surface area contributed by atoms with Gasteiger partial charge in [0.15, 0.2) is 0 Å². The standard InChI is InChI=1S/C13H22N2S/c1-15-7-2-3-13(10-15)9-14-6-4-12-5-8-16-11-12/h5,8,11,13-14H,2-4,6-7,9-10H2,1H3. The topological polar surface area (TPSA) is 15.3 Å². The molecule has 16 heavy (non-hydrogen) atoms. The number of hydrogen-bond donors (Lipinski definition) is 1. The van der Waals surface area contributed by atoms with E-state index in [-0.39, 0.29) is 0 Å². The van der Waals surface area contributed by atoms with E-state index < -0.39 is 0 Å². The molecule has 0 bridgehead atoms. The molecule has 1 aromatic heterocycles. The van der Waals surface area contributed by atoms with E-state index in [0.717, 1.165) is 12.5 Å². The fourth-order valence-electron chi connectivity index (χ4n) is 2.41. The molecule has 0 spiro atoms. The predicted octanol–water partition coefficient (Wildman–Crippen LogP) is 2.22. The summed E-state index contributed by atoms with van der Waals surface area (Å²) in [6.07, 6.45) is 3.94. The molecule has 1 fully saturated rings. The maximum Gasteiger partial charge on any atom is 0.00187 e. The number of likely N-dealkylation sites (tertiary alicyclic amines) is 1. The van der Waals surface area contributed by atoms with E-state index in [1.54, 1.807) is 11.3 Å². The number of thiophene rings is 1. The molecule has 2 nitrogen and oxygen atoms in total. The zero-order chi connectivity index (χ0) is 11.2. The molecule has 1 aliphatic rings. The molecule has 0 saturated carbocycles. The summed E-state index contributed by atoms with van der Waals surface area (Å²) in [6.45, 7) is 4.86. The van der Waals surface area contributed by atoms with Crippen molar-refractivity contribution < 1.29 is 0 Å². The lowest BCUT2D eigenvalue weighted by Gasteiger charge is -2.29. The van der Waals surface area contributed by atoms with E-state index in [9.17, 15) is 0 Å². The van der Waals surface area contributed by atoms with Crippen LogP contribution < -0.4 is 5.32 Å². The van der Waals surface area contributed by atoms with Crippen LogP contribution in [0.4, 0.5) is 0 Å². The van der Waals surface area contributed by atoms with Gasteiger partial charge in [-0.15, -0.1) is 0 Å². The summed E-state index contributed by atoms with van der Waals surface area (Å²) in [7, 11) is 2.23. The maximum atomic E-state index is 3.59. The zero-order valence-electron chi connectivity index (χ0n) is 10.1. The second kappa shape index (κ2) is 6.38. The molecule has 1 atom stereocenters. The van der Waals surface area contributed by atoms with Crippen molar-refractivity contribution in [1.29, 1.82) is 0 Å². The van der Waals surface area contributed by atoms with E-state index in [1.165, 1.54) is 44.5 Å². The van der Waals surface area contributed by atoms with Gasteiger partial charge in [0.2, 0.25) is 0 Å². The third kappa shape index (κ3) is 3.89. The first-order chi connectivity index (χ1) is 7.84. The van der Waals surface area contributed by atoms with Crippen LogP contribution in [0.15, 0.2) is 16.8 Å². The van der Waals surface area contributed by atoms with Crippen LogP contribution in [0.1, 0.15) is 18.4 Å². The first-order valence-electron chi connectivity index (χ1n) is 6.25. The summed E-state index contributed by atoms with van der Waals surface area (Å²) in [5, 5.41) is 8.00. The fraction of sp³-hybridized carbons (Fsp3) is 0.692. The second-order valence-electron chi connectivity index (χ2n) is 4.86. The summed E-state index contributed by atoms with van der Waals surface area (Å²) in [5.74, 6) is 0.862. The largest absolute Gasteiger partial charge is 0.316 e. The number of piperidine rings is 1. The van der Waals surface area contributed by atoms with Crippen molar-refractivity contribution in [2.24, 2.45) is 5.92 Å². The van der Waals surface area contributed by atoms with Gasteiger partial charge in [0.25, 0.3) is 0 Å². The Kier molecular flexibility index (Phi) is 4.82. The van der Waals surface area contributed by atoms with Crippen molar-refractivity contribution in [3.8, 4) is 0 Å². The van der Waals surface area contributed by atoms with Crippen LogP contribution in [0.2, 0.25) is 0 Å². The van der Waals surface area contributed by atoms with Crippen LogP contribution in [-0.4, -0.2) is 38.1 Å². The van der Waals surface area contributed by atoms with Gasteiger partial charge in [-0.3, -0.25) is 0 Å². The minimum atomic E-state index is 0.862. The van der Waals surface area contributed by atoms with Crippen LogP contribution in [0, 0.1) is 5.92 Å². The number of nitrogens with zero attached hydrogens (tertiary/aromatic N) is 1. The zero-order valence-corrected chi connectivity index (χ0v) is 10.9. The van der Waals surface area contributed by atoms with Gasteiger partial charge in [-0.05, 0) is 74.3 Å². The molecule has 1 unspecified atom stereocenters. The summed E-state index contributed by atoms with van der Waals surface area (Å²) in [4.78, 5) is 2.45. The van der Waals surface area contributed by atoms with Gasteiger partial charge in [-0.2, -0.15) is 11.3 Å². The van der Waals surface area contributed by atoms with E-state index in [0.29, 0.717) is 0 Å². The van der Waals surface area contributed by atoms with Crippen LogP contribution in [0.5, 0.6) is 0 Å². The maximum absolute atomic E-state index is 3.59. The molecule has 0 aromatic carbocycles. The van der Waals surface area contributed by atoms with E-state index in [4.69, 9.17) is 0 Å². The van der Waals surface area contributed by atoms with E-state index >= 15 is 0 Å². The number of hydrogen-bond acceptors (Lipinski definition) is 3. The minimum absolute atomic E-state index is 0.862. The molecule has 90 valence electrons. The molecule has 1 saturated heterocycles. The molecule has 1 aromatic rings. The fourth-order valence-corrected chi connectivity index (χ4v) is 3.12. The summed E-state index contributed by atoms with van der Waals surface area (Å²) < 4.78 is 0. The normalized spacial score (nSPS) is 22.4. The Labute approximate surface area is 103 Å². The third-order valence-electron chi connectivity index (χ3n) is 3.33. The van der Waals surface area contributed by atoms with E-state index in [1.807, 2.05) is 0 Å². The van der Waals surface area contributed by atoms with Gasteiger partial charge in [0.1, 0.15) is 0 Å². The van der Waals surface area contributed by atoms with Gasteiger partial charge in [0.05, 0.1) is 0 Å². The SMILES string of the molecule is CN1CCCC(CNCCc2ccsc2)C1. The third-order valence-corrected chi connectivity index (χ3v) is 4.06. The molecule has 1 aliphatic heterocycles. The average molecular weight is 238 g/mol. The monoisotopic (exact) mass is 238 g/mol. The van der Waals surface area contributed by atoms with Crippen molar-refractivity contribution in [1.82, 2.24) is 10.2 Å². The minimum Gasteiger partial charge on any atom is -0.316 e. The van der Waals surface area contributed by atoms with E-state index in [2.05, 4.69) is 34.1 Å². The van der Waals surface area contributed by atoms with Crippen molar-refractivity contribution in [3.05, 3.63) is 22.4 Å². The van der Waals surface area contributed by atoms with Crippen molar-refractivity contribution in [2.45, 2.75) is 19.3 Å². The lowest BCUT2D eigenvalue weighted by Crippen LogP contribution is -2.37. The van der Waals surface area contributed by atoms with Crippen LogP contribution >= 0.6 is 11.3 Å². The number of rotatable bonds is 5. The van der Waals surface area contributed by atoms with Crippen LogP contribution in [0.3, 0.4) is 0 Å². The molecule has 0 aliphatic carbocycles. The molecule has 2 rings (SSSR count). The highest BCUT2D eigenvalue weighted by Crippen LogP contribution is 2.13. The Morgan fingerprint density at radius 2 is 2.50 bits per heavy atom. The first-order valence-corrected chi connectivity index (χ1v) is 7.19. The Morgan fingerprint density at radius 1 is 1.56 bits per heavy atom. The average Bonchev–Trinajstić information content (AvgIpc) is 2.77. The van der Waals surface area contributed by atoms with Crippen molar-refractivity contribution in [2.75, 3.05) is 33.2 Å². The Morgan fingerprint density at radius 3 is 3.25 bits per heavy atom. The highest BCUT2D eigenvalue weighted by atomic mass is 32.1. The Balaban J connectivity index is 1.57. The Hall–Kier alpha value is -0.380. The summed E-state index contributed by atoms with van der Waals surface area (Å²) in [5.41, 5.74) is 1.47. The predicted molar refractivity (Wildman–Crippen MR) is 71.1 cm³/mol. The Bertz CT molecular complexity index is 284. The van der Waals surface area contributed by atoms with Gasteiger partial charge in [-0.25, -0.2) is 0 Å². The van der Waals surface area contributed by atoms with Crippen molar-refractivity contribution in [3.63, 3.8) is 0 Å². The van der Waals surface area contributed by atoms with Crippen LogP contribution in [-0.2, 0) is 6.42 Å². The molecule has 2 heterocycles. The first kappa shape index (κ1) is 12.1. The summed E-state index contributed by atoms with van der Waals surface area (Å²) >= 11 is 1.79.